The van der Waals surface area contributed by atoms with Gasteiger partial charge in [0.25, 0.3) is 5.91 Å². The van der Waals surface area contributed by atoms with Gasteiger partial charge >= 0.3 is 0 Å². The Hall–Kier alpha value is -2.34. The van der Waals surface area contributed by atoms with Crippen LogP contribution in [-0.4, -0.2) is 15.9 Å². The molecule has 0 bridgehead atoms. The number of aromatic nitrogens is 2. The molecule has 0 atom stereocenters. The Balaban J connectivity index is 2.27. The Labute approximate surface area is 108 Å². The minimum Gasteiger partial charge on any atom is -0.382 e. The molecule has 0 aliphatic heterocycles. The maximum absolute atomic E-state index is 11.9. The number of carbonyl (C=O) groups excluding carboxylic acids is 1. The topological polar surface area (TPSA) is 107 Å². The minimum atomic E-state index is -0.384. The van der Waals surface area contributed by atoms with Crippen molar-refractivity contribution in [2.75, 3.05) is 16.8 Å². The van der Waals surface area contributed by atoms with Crippen LogP contribution >= 0.6 is 11.6 Å². The first-order chi connectivity index (χ1) is 8.58. The zero-order valence-corrected chi connectivity index (χ0v) is 9.98. The van der Waals surface area contributed by atoms with Gasteiger partial charge in [-0.15, -0.1) is 0 Å². The fraction of sp³-hybridized carbons (Fsp3) is 0. The standard InChI is InChI=1S/C11H10ClN5O/c12-7-3-1-2-6(4-7)11(18)17-8-9(13)15-5-16-10(8)14/h1-5H,(H,17,18)(H4,13,14,15,16). The summed E-state index contributed by atoms with van der Waals surface area (Å²) < 4.78 is 0. The highest BCUT2D eigenvalue weighted by atomic mass is 35.5. The molecule has 18 heavy (non-hydrogen) atoms. The van der Waals surface area contributed by atoms with Crippen LogP contribution in [0.25, 0.3) is 0 Å². The number of anilines is 3. The minimum absolute atomic E-state index is 0.109. The molecule has 6 nitrogen and oxygen atoms in total. The zero-order valence-electron chi connectivity index (χ0n) is 9.22. The van der Waals surface area contributed by atoms with E-state index < -0.39 is 0 Å². The molecule has 2 rings (SSSR count). The molecule has 2 aromatic rings. The summed E-state index contributed by atoms with van der Waals surface area (Å²) in [6.07, 6.45) is 1.22. The first-order valence-electron chi connectivity index (χ1n) is 5.01. The van der Waals surface area contributed by atoms with Gasteiger partial charge < -0.3 is 16.8 Å². The Kier molecular flexibility index (Phi) is 3.29. The highest BCUT2D eigenvalue weighted by Crippen LogP contribution is 2.22. The molecular weight excluding hydrogens is 254 g/mol. The van der Waals surface area contributed by atoms with E-state index in [9.17, 15) is 4.79 Å². The Bertz CT molecular complexity index is 581. The second kappa shape index (κ2) is 4.89. The fourth-order valence-corrected chi connectivity index (χ4v) is 1.55. The molecule has 0 fully saturated rings. The molecule has 1 aromatic heterocycles. The van der Waals surface area contributed by atoms with Crippen molar-refractivity contribution in [3.8, 4) is 0 Å². The second-order valence-corrected chi connectivity index (χ2v) is 3.92. The van der Waals surface area contributed by atoms with E-state index in [2.05, 4.69) is 15.3 Å². The molecule has 1 aromatic carbocycles. The second-order valence-electron chi connectivity index (χ2n) is 3.48. The summed E-state index contributed by atoms with van der Waals surface area (Å²) in [6.45, 7) is 0. The Morgan fingerprint density at radius 2 is 1.89 bits per heavy atom. The van der Waals surface area contributed by atoms with Crippen molar-refractivity contribution in [2.24, 2.45) is 0 Å². The summed E-state index contributed by atoms with van der Waals surface area (Å²) in [5.41, 5.74) is 11.8. The van der Waals surface area contributed by atoms with E-state index >= 15 is 0 Å². The van der Waals surface area contributed by atoms with E-state index in [1.54, 1.807) is 18.2 Å². The highest BCUT2D eigenvalue weighted by molar-refractivity contribution is 6.31. The van der Waals surface area contributed by atoms with Crippen LogP contribution in [0.2, 0.25) is 5.02 Å². The van der Waals surface area contributed by atoms with Crippen molar-refractivity contribution < 1.29 is 4.79 Å². The van der Waals surface area contributed by atoms with Crippen LogP contribution in [0.4, 0.5) is 17.3 Å². The third-order valence-corrected chi connectivity index (χ3v) is 2.47. The third-order valence-electron chi connectivity index (χ3n) is 2.23. The number of rotatable bonds is 2. The zero-order chi connectivity index (χ0) is 13.1. The van der Waals surface area contributed by atoms with Crippen LogP contribution in [0.1, 0.15) is 10.4 Å². The monoisotopic (exact) mass is 263 g/mol. The summed E-state index contributed by atoms with van der Waals surface area (Å²) in [7, 11) is 0. The van der Waals surface area contributed by atoms with Gasteiger partial charge in [0.05, 0.1) is 0 Å². The van der Waals surface area contributed by atoms with Crippen LogP contribution in [0.15, 0.2) is 30.6 Å². The number of nitrogens with zero attached hydrogens (tertiary/aromatic N) is 2. The van der Waals surface area contributed by atoms with Gasteiger partial charge in [0, 0.05) is 10.6 Å². The van der Waals surface area contributed by atoms with Crippen LogP contribution in [-0.2, 0) is 0 Å². The van der Waals surface area contributed by atoms with E-state index in [1.807, 2.05) is 0 Å². The lowest BCUT2D eigenvalue weighted by Crippen LogP contribution is -2.15. The van der Waals surface area contributed by atoms with Gasteiger partial charge in [0.1, 0.15) is 12.0 Å². The molecule has 0 unspecified atom stereocenters. The number of nitrogens with one attached hydrogen (secondary N) is 1. The van der Waals surface area contributed by atoms with Gasteiger partial charge in [0.15, 0.2) is 11.6 Å². The van der Waals surface area contributed by atoms with E-state index in [1.165, 1.54) is 12.4 Å². The summed E-state index contributed by atoms with van der Waals surface area (Å²) in [5.74, 6) is -0.165. The van der Waals surface area contributed by atoms with Crippen molar-refractivity contribution in [3.05, 3.63) is 41.2 Å². The van der Waals surface area contributed by atoms with E-state index in [0.29, 0.717) is 10.6 Å². The SMILES string of the molecule is Nc1ncnc(N)c1NC(=O)c1cccc(Cl)c1. The fourth-order valence-electron chi connectivity index (χ4n) is 1.36. The van der Waals surface area contributed by atoms with E-state index in [-0.39, 0.29) is 23.2 Å². The molecule has 0 radical (unpaired) electrons. The lowest BCUT2D eigenvalue weighted by atomic mass is 10.2. The van der Waals surface area contributed by atoms with Gasteiger partial charge in [-0.05, 0) is 18.2 Å². The van der Waals surface area contributed by atoms with Gasteiger partial charge in [0.2, 0.25) is 0 Å². The Morgan fingerprint density at radius 1 is 1.22 bits per heavy atom. The van der Waals surface area contributed by atoms with Crippen molar-refractivity contribution in [2.45, 2.75) is 0 Å². The number of hydrogen-bond acceptors (Lipinski definition) is 5. The molecule has 0 saturated carbocycles. The molecule has 0 saturated heterocycles. The van der Waals surface area contributed by atoms with Crippen LogP contribution in [0.3, 0.4) is 0 Å². The van der Waals surface area contributed by atoms with Gasteiger partial charge in [-0.1, -0.05) is 17.7 Å². The van der Waals surface area contributed by atoms with Crippen molar-refractivity contribution in [1.82, 2.24) is 9.97 Å². The van der Waals surface area contributed by atoms with Crippen LogP contribution in [0, 0.1) is 0 Å². The van der Waals surface area contributed by atoms with Crippen LogP contribution in [0.5, 0.6) is 0 Å². The van der Waals surface area contributed by atoms with Crippen molar-refractivity contribution in [1.29, 1.82) is 0 Å². The quantitative estimate of drug-likeness (QED) is 0.762. The first kappa shape index (κ1) is 12.1. The van der Waals surface area contributed by atoms with E-state index in [4.69, 9.17) is 23.1 Å². The predicted octanol–water partition coefficient (Wildman–Crippen LogP) is 1.55. The summed E-state index contributed by atoms with van der Waals surface area (Å²) in [6, 6.07) is 6.50. The number of carbonyl (C=O) groups is 1. The molecule has 0 aliphatic rings. The molecule has 0 spiro atoms. The maximum Gasteiger partial charge on any atom is 0.255 e. The summed E-state index contributed by atoms with van der Waals surface area (Å²) in [4.78, 5) is 19.4. The number of nitrogens with two attached hydrogens (primary N) is 2. The number of benzene rings is 1. The van der Waals surface area contributed by atoms with Crippen molar-refractivity contribution in [3.63, 3.8) is 0 Å². The Morgan fingerprint density at radius 3 is 2.50 bits per heavy atom. The average molecular weight is 264 g/mol. The largest absolute Gasteiger partial charge is 0.382 e. The maximum atomic E-state index is 11.9. The molecule has 7 heteroatoms. The average Bonchev–Trinajstić information content (AvgIpc) is 2.34. The molecule has 1 amide bonds. The van der Waals surface area contributed by atoms with Gasteiger partial charge in [-0.2, -0.15) is 0 Å². The first-order valence-corrected chi connectivity index (χ1v) is 5.38. The van der Waals surface area contributed by atoms with Crippen LogP contribution < -0.4 is 16.8 Å². The number of nitrogen functional groups attached to an aromatic ring is 2. The number of amides is 1. The number of hydrogen-bond donors (Lipinski definition) is 3. The molecule has 5 N–H and O–H groups in total. The van der Waals surface area contributed by atoms with Crippen molar-refractivity contribution >= 4 is 34.8 Å². The normalized spacial score (nSPS) is 10.1. The third kappa shape index (κ3) is 2.49. The van der Waals surface area contributed by atoms with Gasteiger partial charge in [-0.3, -0.25) is 4.79 Å². The predicted molar refractivity (Wildman–Crippen MR) is 70.3 cm³/mol. The molecule has 1 heterocycles. The summed E-state index contributed by atoms with van der Waals surface area (Å²) >= 11 is 5.80. The smallest absolute Gasteiger partial charge is 0.255 e. The molecule has 92 valence electrons. The molecular formula is C11H10ClN5O. The van der Waals surface area contributed by atoms with Gasteiger partial charge in [-0.25, -0.2) is 9.97 Å². The lowest BCUT2D eigenvalue weighted by Gasteiger charge is -2.09. The highest BCUT2D eigenvalue weighted by Gasteiger charge is 2.12. The lowest BCUT2D eigenvalue weighted by molar-refractivity contribution is 0.102. The molecule has 0 aliphatic carbocycles. The number of halogens is 1. The van der Waals surface area contributed by atoms with E-state index in [0.717, 1.165) is 0 Å². The summed E-state index contributed by atoms with van der Waals surface area (Å²) in [5, 5.41) is 3.02.